The van der Waals surface area contributed by atoms with Gasteiger partial charge in [0.15, 0.2) is 5.82 Å². The Morgan fingerprint density at radius 1 is 1.11 bits per heavy atom. The molecule has 19 heavy (non-hydrogen) atoms. The van der Waals surface area contributed by atoms with E-state index in [4.69, 9.17) is 5.73 Å². The quantitative estimate of drug-likeness (QED) is 0.575. The van der Waals surface area contributed by atoms with Gasteiger partial charge in [0.2, 0.25) is 5.95 Å². The van der Waals surface area contributed by atoms with Crippen LogP contribution in [-0.4, -0.2) is 19.5 Å². The maximum atomic E-state index is 5.78. The summed E-state index contributed by atoms with van der Waals surface area (Å²) in [6.45, 7) is 0. The third-order valence-electron chi connectivity index (χ3n) is 3.00. The second-order valence-corrected chi connectivity index (χ2v) is 5.04. The van der Waals surface area contributed by atoms with Crippen molar-refractivity contribution in [2.45, 2.75) is 0 Å². The molecule has 3 aromatic heterocycles. The molecule has 4 aromatic rings. The first-order chi connectivity index (χ1) is 9.33. The van der Waals surface area contributed by atoms with Gasteiger partial charge in [-0.05, 0) is 23.6 Å². The summed E-state index contributed by atoms with van der Waals surface area (Å²) >= 11 is 1.55. The Morgan fingerprint density at radius 3 is 2.95 bits per heavy atom. The number of nitrogens with two attached hydrogens (primary N) is 1. The molecule has 0 amide bonds. The average molecular weight is 267 g/mol. The van der Waals surface area contributed by atoms with Crippen molar-refractivity contribution < 1.29 is 0 Å². The van der Waals surface area contributed by atoms with Crippen LogP contribution in [0.1, 0.15) is 0 Å². The Balaban J connectivity index is 2.11. The molecule has 2 N–H and O–H groups in total. The summed E-state index contributed by atoms with van der Waals surface area (Å²) in [7, 11) is 0. The minimum absolute atomic E-state index is 0.280. The van der Waals surface area contributed by atoms with Crippen molar-refractivity contribution in [2.24, 2.45) is 0 Å². The predicted octanol–water partition coefficient (Wildman–Crippen LogP) is 2.61. The molecule has 0 saturated heterocycles. The van der Waals surface area contributed by atoms with Gasteiger partial charge < -0.3 is 5.73 Å². The number of nitrogen functional groups attached to an aromatic ring is 1. The first kappa shape index (κ1) is 10.5. The minimum atomic E-state index is 0.280. The largest absolute Gasteiger partial charge is 0.368 e. The molecule has 0 spiro atoms. The van der Waals surface area contributed by atoms with E-state index in [2.05, 4.69) is 15.0 Å². The van der Waals surface area contributed by atoms with Gasteiger partial charge in [0.1, 0.15) is 11.2 Å². The number of fused-ring (bicyclic) bond motifs is 2. The van der Waals surface area contributed by atoms with E-state index in [1.54, 1.807) is 17.7 Å². The summed E-state index contributed by atoms with van der Waals surface area (Å²) < 4.78 is 1.95. The van der Waals surface area contributed by atoms with Crippen LogP contribution < -0.4 is 5.73 Å². The molecule has 0 aliphatic carbocycles. The molecule has 0 unspecified atom stereocenters. The van der Waals surface area contributed by atoms with Gasteiger partial charge in [-0.3, -0.25) is 4.57 Å². The fourth-order valence-corrected chi connectivity index (χ4v) is 2.93. The summed E-state index contributed by atoms with van der Waals surface area (Å²) in [5, 5.41) is 2.98. The van der Waals surface area contributed by atoms with E-state index < -0.39 is 0 Å². The highest BCUT2D eigenvalue weighted by Crippen LogP contribution is 2.27. The highest BCUT2D eigenvalue weighted by molar-refractivity contribution is 7.16. The van der Waals surface area contributed by atoms with Gasteiger partial charge in [0.25, 0.3) is 0 Å². The molecule has 0 fully saturated rings. The maximum absolute atomic E-state index is 5.78. The van der Waals surface area contributed by atoms with Crippen LogP contribution in [0.25, 0.3) is 27.1 Å². The van der Waals surface area contributed by atoms with Crippen LogP contribution in [0.15, 0.2) is 42.0 Å². The molecule has 0 aliphatic heterocycles. The predicted molar refractivity (Wildman–Crippen MR) is 76.5 cm³/mol. The highest BCUT2D eigenvalue weighted by Gasteiger charge is 2.11. The van der Waals surface area contributed by atoms with Crippen molar-refractivity contribution in [1.29, 1.82) is 0 Å². The van der Waals surface area contributed by atoms with Gasteiger partial charge >= 0.3 is 0 Å². The summed E-state index contributed by atoms with van der Waals surface area (Å²) in [6.07, 6.45) is 1.77. The number of anilines is 1. The smallest absolute Gasteiger partial charge is 0.223 e. The number of thiophene rings is 1. The Bertz CT molecular complexity index is 892. The van der Waals surface area contributed by atoms with Gasteiger partial charge in [-0.2, -0.15) is 4.98 Å². The molecule has 92 valence electrons. The zero-order valence-corrected chi connectivity index (χ0v) is 10.6. The lowest BCUT2D eigenvalue weighted by molar-refractivity contribution is 1.03. The van der Waals surface area contributed by atoms with E-state index in [9.17, 15) is 0 Å². The molecule has 3 heterocycles. The normalized spacial score (nSPS) is 11.4. The average Bonchev–Trinajstić information content (AvgIpc) is 3.03. The molecule has 4 rings (SSSR count). The zero-order valence-electron chi connectivity index (χ0n) is 9.82. The summed E-state index contributed by atoms with van der Waals surface area (Å²) in [6, 6.07) is 9.94. The number of benzene rings is 1. The SMILES string of the molecule is Nc1nc(-n2cnc3ccccc32)c2ccsc2n1. The maximum Gasteiger partial charge on any atom is 0.223 e. The van der Waals surface area contributed by atoms with Crippen molar-refractivity contribution in [2.75, 3.05) is 5.73 Å². The lowest BCUT2D eigenvalue weighted by atomic mass is 10.3. The van der Waals surface area contributed by atoms with E-state index in [1.165, 1.54) is 0 Å². The van der Waals surface area contributed by atoms with Crippen molar-refractivity contribution in [3.63, 3.8) is 0 Å². The van der Waals surface area contributed by atoms with Crippen LogP contribution in [0.3, 0.4) is 0 Å². The van der Waals surface area contributed by atoms with Gasteiger partial charge in [-0.15, -0.1) is 11.3 Å². The van der Waals surface area contributed by atoms with Gasteiger partial charge in [0, 0.05) is 0 Å². The number of hydrogen-bond donors (Lipinski definition) is 1. The molecular formula is C13H9N5S. The van der Waals surface area contributed by atoms with Crippen LogP contribution in [0.5, 0.6) is 0 Å². The molecule has 0 atom stereocenters. The van der Waals surface area contributed by atoms with Crippen molar-refractivity contribution in [1.82, 2.24) is 19.5 Å². The Hall–Kier alpha value is -2.47. The number of hydrogen-bond acceptors (Lipinski definition) is 5. The van der Waals surface area contributed by atoms with Crippen LogP contribution >= 0.6 is 11.3 Å². The number of nitrogens with zero attached hydrogens (tertiary/aromatic N) is 4. The molecule has 0 aliphatic rings. The molecule has 0 bridgehead atoms. The topological polar surface area (TPSA) is 69.6 Å². The van der Waals surface area contributed by atoms with Crippen molar-refractivity contribution in [3.05, 3.63) is 42.0 Å². The summed E-state index contributed by atoms with van der Waals surface area (Å²) in [4.78, 5) is 13.9. The lowest BCUT2D eigenvalue weighted by Crippen LogP contribution is -2.02. The summed E-state index contributed by atoms with van der Waals surface area (Å²) in [5.74, 6) is 1.06. The molecular weight excluding hydrogens is 258 g/mol. The first-order valence-corrected chi connectivity index (χ1v) is 6.64. The number of aromatic nitrogens is 4. The molecule has 6 heteroatoms. The Labute approximate surface area is 112 Å². The van der Waals surface area contributed by atoms with E-state index in [1.807, 2.05) is 40.3 Å². The fraction of sp³-hybridized carbons (Fsp3) is 0. The van der Waals surface area contributed by atoms with Gasteiger partial charge in [-0.25, -0.2) is 9.97 Å². The monoisotopic (exact) mass is 267 g/mol. The lowest BCUT2D eigenvalue weighted by Gasteiger charge is -2.05. The van der Waals surface area contributed by atoms with Crippen molar-refractivity contribution in [3.8, 4) is 5.82 Å². The summed E-state index contributed by atoms with van der Waals surface area (Å²) in [5.41, 5.74) is 7.73. The molecule has 0 saturated carbocycles. The van der Waals surface area contributed by atoms with E-state index in [0.29, 0.717) is 0 Å². The number of para-hydroxylation sites is 2. The third-order valence-corrected chi connectivity index (χ3v) is 3.81. The Morgan fingerprint density at radius 2 is 2.00 bits per heavy atom. The van der Waals surface area contributed by atoms with Crippen LogP contribution in [0, 0.1) is 0 Å². The van der Waals surface area contributed by atoms with E-state index in [0.717, 1.165) is 27.1 Å². The second-order valence-electron chi connectivity index (χ2n) is 4.15. The van der Waals surface area contributed by atoms with Gasteiger partial charge in [0.05, 0.1) is 16.4 Å². The van der Waals surface area contributed by atoms with Crippen molar-refractivity contribution >= 4 is 38.5 Å². The molecule has 5 nitrogen and oxygen atoms in total. The molecule has 1 aromatic carbocycles. The number of imidazole rings is 1. The van der Waals surface area contributed by atoms with Crippen LogP contribution in [0.4, 0.5) is 5.95 Å². The van der Waals surface area contributed by atoms with Crippen LogP contribution in [0.2, 0.25) is 0 Å². The zero-order chi connectivity index (χ0) is 12.8. The Kier molecular flexibility index (Phi) is 2.07. The fourth-order valence-electron chi connectivity index (χ4n) is 2.17. The van der Waals surface area contributed by atoms with Crippen LogP contribution in [-0.2, 0) is 0 Å². The highest BCUT2D eigenvalue weighted by atomic mass is 32.1. The molecule has 0 radical (unpaired) electrons. The second kappa shape index (κ2) is 3.76. The third kappa shape index (κ3) is 1.50. The number of rotatable bonds is 1. The minimum Gasteiger partial charge on any atom is -0.368 e. The van der Waals surface area contributed by atoms with Gasteiger partial charge in [-0.1, -0.05) is 12.1 Å². The van der Waals surface area contributed by atoms with E-state index in [-0.39, 0.29) is 5.95 Å². The van der Waals surface area contributed by atoms with E-state index >= 15 is 0 Å². The first-order valence-electron chi connectivity index (χ1n) is 5.76. The standard InChI is InChI=1S/C13H9N5S/c14-13-16-11(8-5-6-19-12(8)17-13)18-7-15-9-3-1-2-4-10(9)18/h1-7H,(H2,14,16,17).